The van der Waals surface area contributed by atoms with Gasteiger partial charge in [-0.2, -0.15) is 5.26 Å². The van der Waals surface area contributed by atoms with E-state index in [1.807, 2.05) is 18.2 Å². The normalized spacial score (nSPS) is 12.9. The number of carbonyl (C=O) groups excluding carboxylic acids is 1. The number of carbonyl (C=O) groups is 1. The number of nitriles is 1. The number of hydrogen-bond donors (Lipinski definition) is 0. The highest BCUT2D eigenvalue weighted by Crippen LogP contribution is 2.32. The number of benzene rings is 3. The molecule has 0 saturated carbocycles. The van der Waals surface area contributed by atoms with Gasteiger partial charge in [-0.25, -0.2) is 13.2 Å². The SMILES string of the molecule is N#Cc1ccc(OC(=O)c2cccc(S(=O)(=O)N3CCc4ccccc43)c2)cc1. The Morgan fingerprint density at radius 3 is 2.52 bits per heavy atom. The fourth-order valence-electron chi connectivity index (χ4n) is 3.23. The maximum absolute atomic E-state index is 13.1. The number of esters is 1. The number of para-hydroxylation sites is 1. The highest BCUT2D eigenvalue weighted by Gasteiger charge is 2.31. The first-order valence-corrected chi connectivity index (χ1v) is 10.4. The van der Waals surface area contributed by atoms with Crippen molar-refractivity contribution >= 4 is 21.7 Å². The average molecular weight is 404 g/mol. The van der Waals surface area contributed by atoms with E-state index in [9.17, 15) is 13.2 Å². The third-order valence-corrected chi connectivity index (χ3v) is 6.51. The summed E-state index contributed by atoms with van der Waals surface area (Å²) in [7, 11) is -3.80. The Morgan fingerprint density at radius 2 is 1.76 bits per heavy atom. The summed E-state index contributed by atoms with van der Waals surface area (Å²) in [5, 5.41) is 8.83. The third kappa shape index (κ3) is 3.58. The van der Waals surface area contributed by atoms with Crippen molar-refractivity contribution in [1.29, 1.82) is 5.26 Å². The summed E-state index contributed by atoms with van der Waals surface area (Å²) in [6, 6.07) is 21.3. The lowest BCUT2D eigenvalue weighted by Gasteiger charge is -2.19. The molecule has 0 unspecified atom stereocenters. The predicted octanol–water partition coefficient (Wildman–Crippen LogP) is 3.53. The van der Waals surface area contributed by atoms with Crippen molar-refractivity contribution in [2.75, 3.05) is 10.8 Å². The molecule has 0 spiro atoms. The molecule has 29 heavy (non-hydrogen) atoms. The number of anilines is 1. The fraction of sp³-hybridized carbons (Fsp3) is 0.0909. The van der Waals surface area contributed by atoms with Gasteiger partial charge < -0.3 is 4.74 Å². The smallest absolute Gasteiger partial charge is 0.343 e. The van der Waals surface area contributed by atoms with Gasteiger partial charge in [-0.1, -0.05) is 24.3 Å². The second-order valence-corrected chi connectivity index (χ2v) is 8.37. The highest BCUT2D eigenvalue weighted by atomic mass is 32.2. The number of nitrogens with zero attached hydrogens (tertiary/aromatic N) is 2. The fourth-order valence-corrected chi connectivity index (χ4v) is 4.78. The molecule has 1 aliphatic rings. The lowest BCUT2D eigenvalue weighted by Crippen LogP contribution is -2.29. The van der Waals surface area contributed by atoms with Crippen LogP contribution in [0.2, 0.25) is 0 Å². The van der Waals surface area contributed by atoms with Crippen molar-refractivity contribution in [2.45, 2.75) is 11.3 Å². The van der Waals surface area contributed by atoms with E-state index in [-0.39, 0.29) is 16.2 Å². The Balaban J connectivity index is 1.60. The number of ether oxygens (including phenoxy) is 1. The molecule has 1 heterocycles. The largest absolute Gasteiger partial charge is 0.423 e. The lowest BCUT2D eigenvalue weighted by molar-refractivity contribution is 0.0734. The van der Waals surface area contributed by atoms with Crippen molar-refractivity contribution in [3.05, 3.63) is 89.5 Å². The Hall–Kier alpha value is -3.63. The molecule has 0 aromatic heterocycles. The number of hydrogen-bond acceptors (Lipinski definition) is 5. The predicted molar refractivity (Wildman–Crippen MR) is 107 cm³/mol. The van der Waals surface area contributed by atoms with Gasteiger partial charge in [0.1, 0.15) is 5.75 Å². The Kier molecular flexibility index (Phi) is 4.79. The van der Waals surface area contributed by atoms with Gasteiger partial charge in [-0.3, -0.25) is 4.31 Å². The van der Waals surface area contributed by atoms with Gasteiger partial charge in [0.05, 0.1) is 27.8 Å². The van der Waals surface area contributed by atoms with E-state index in [2.05, 4.69) is 0 Å². The summed E-state index contributed by atoms with van der Waals surface area (Å²) in [5.74, 6) is -0.399. The van der Waals surface area contributed by atoms with Crippen LogP contribution in [0.3, 0.4) is 0 Å². The van der Waals surface area contributed by atoms with E-state index in [1.165, 1.54) is 52.8 Å². The second kappa shape index (κ2) is 7.41. The molecule has 0 aliphatic carbocycles. The number of sulfonamides is 1. The van der Waals surface area contributed by atoms with Crippen molar-refractivity contribution in [2.24, 2.45) is 0 Å². The molecule has 0 atom stereocenters. The van der Waals surface area contributed by atoms with Crippen LogP contribution in [0.25, 0.3) is 0 Å². The molecule has 0 saturated heterocycles. The van der Waals surface area contributed by atoms with E-state index in [1.54, 1.807) is 12.1 Å². The first kappa shape index (κ1) is 18.7. The Labute approximate surface area is 168 Å². The van der Waals surface area contributed by atoms with Gasteiger partial charge in [-0.05, 0) is 60.5 Å². The second-order valence-electron chi connectivity index (χ2n) is 6.51. The van der Waals surface area contributed by atoms with E-state index in [4.69, 9.17) is 10.00 Å². The van der Waals surface area contributed by atoms with Crippen LogP contribution in [0.4, 0.5) is 5.69 Å². The zero-order valence-electron chi connectivity index (χ0n) is 15.3. The van der Waals surface area contributed by atoms with Crippen LogP contribution in [0.1, 0.15) is 21.5 Å². The molecule has 3 aromatic carbocycles. The van der Waals surface area contributed by atoms with Crippen LogP contribution in [0.15, 0.2) is 77.7 Å². The number of rotatable bonds is 4. The third-order valence-electron chi connectivity index (χ3n) is 4.70. The standard InChI is InChI=1S/C22H16N2O4S/c23-15-16-8-10-19(11-9-16)28-22(25)18-5-3-6-20(14-18)29(26,27)24-13-12-17-4-1-2-7-21(17)24/h1-11,14H,12-13H2. The summed E-state index contributed by atoms with van der Waals surface area (Å²) in [6.45, 7) is 0.363. The molecule has 0 N–H and O–H groups in total. The molecule has 0 amide bonds. The first-order chi connectivity index (χ1) is 14.0. The van der Waals surface area contributed by atoms with E-state index < -0.39 is 16.0 Å². The van der Waals surface area contributed by atoms with Crippen LogP contribution in [-0.2, 0) is 16.4 Å². The average Bonchev–Trinajstić information content (AvgIpc) is 3.19. The molecular weight excluding hydrogens is 388 g/mol. The molecule has 0 radical (unpaired) electrons. The van der Waals surface area contributed by atoms with Crippen LogP contribution in [0.5, 0.6) is 5.75 Å². The highest BCUT2D eigenvalue weighted by molar-refractivity contribution is 7.92. The van der Waals surface area contributed by atoms with Gasteiger partial charge in [0.25, 0.3) is 10.0 Å². The summed E-state index contributed by atoms with van der Waals surface area (Å²) in [5.41, 5.74) is 2.22. The van der Waals surface area contributed by atoms with Gasteiger partial charge in [-0.15, -0.1) is 0 Å². The van der Waals surface area contributed by atoms with Crippen molar-refractivity contribution in [3.63, 3.8) is 0 Å². The van der Waals surface area contributed by atoms with Crippen LogP contribution >= 0.6 is 0 Å². The van der Waals surface area contributed by atoms with Gasteiger partial charge in [0.2, 0.25) is 0 Å². The summed E-state index contributed by atoms with van der Waals surface area (Å²) in [6.07, 6.45) is 0.649. The minimum absolute atomic E-state index is 0.0310. The van der Waals surface area contributed by atoms with Crippen molar-refractivity contribution in [1.82, 2.24) is 0 Å². The molecule has 144 valence electrons. The molecule has 0 bridgehead atoms. The minimum Gasteiger partial charge on any atom is -0.423 e. The van der Waals surface area contributed by atoms with E-state index in [0.29, 0.717) is 24.2 Å². The Bertz CT molecular complexity index is 1230. The van der Waals surface area contributed by atoms with E-state index >= 15 is 0 Å². The topological polar surface area (TPSA) is 87.5 Å². The Morgan fingerprint density at radius 1 is 1.00 bits per heavy atom. The molecule has 0 fully saturated rings. The number of fused-ring (bicyclic) bond motifs is 1. The monoisotopic (exact) mass is 404 g/mol. The summed E-state index contributed by atoms with van der Waals surface area (Å²) < 4.78 is 32.9. The molecule has 1 aliphatic heterocycles. The maximum atomic E-state index is 13.1. The summed E-state index contributed by atoms with van der Waals surface area (Å²) in [4.78, 5) is 12.5. The molecular formula is C22H16N2O4S. The molecule has 6 nitrogen and oxygen atoms in total. The van der Waals surface area contributed by atoms with Gasteiger partial charge in [0, 0.05) is 6.54 Å². The van der Waals surface area contributed by atoms with E-state index in [0.717, 1.165) is 5.56 Å². The zero-order chi connectivity index (χ0) is 20.4. The van der Waals surface area contributed by atoms with Crippen LogP contribution < -0.4 is 9.04 Å². The lowest BCUT2D eigenvalue weighted by atomic mass is 10.2. The van der Waals surface area contributed by atoms with Crippen molar-refractivity contribution in [3.8, 4) is 11.8 Å². The quantitative estimate of drug-likeness (QED) is 0.490. The van der Waals surface area contributed by atoms with Crippen LogP contribution in [0, 0.1) is 11.3 Å². The van der Waals surface area contributed by atoms with Crippen molar-refractivity contribution < 1.29 is 17.9 Å². The maximum Gasteiger partial charge on any atom is 0.343 e. The van der Waals surface area contributed by atoms with Gasteiger partial charge >= 0.3 is 5.97 Å². The molecule has 7 heteroatoms. The van der Waals surface area contributed by atoms with Crippen LogP contribution in [-0.4, -0.2) is 20.9 Å². The zero-order valence-corrected chi connectivity index (χ0v) is 16.1. The minimum atomic E-state index is -3.80. The van der Waals surface area contributed by atoms with Gasteiger partial charge in [0.15, 0.2) is 0 Å². The summed E-state index contributed by atoms with van der Waals surface area (Å²) >= 11 is 0. The first-order valence-electron chi connectivity index (χ1n) is 8.92. The molecule has 3 aromatic rings. The molecule has 4 rings (SSSR count).